The highest BCUT2D eigenvalue weighted by molar-refractivity contribution is 6.03. The van der Waals surface area contributed by atoms with Crippen molar-refractivity contribution in [1.29, 1.82) is 0 Å². The number of urea groups is 1. The van der Waals surface area contributed by atoms with E-state index in [0.29, 0.717) is 10.6 Å². The first-order chi connectivity index (χ1) is 6.79. The molecule has 0 aromatic heterocycles. The second kappa shape index (κ2) is 3.44. The summed E-state index contributed by atoms with van der Waals surface area (Å²) in [6.07, 6.45) is 0. The Kier molecular flexibility index (Phi) is 2.13. The largest absolute Gasteiger partial charge is 0.377 e. The maximum absolute atomic E-state index is 11.5. The van der Waals surface area contributed by atoms with E-state index in [2.05, 4.69) is 9.98 Å². The number of amides is 3. The first-order valence-corrected chi connectivity index (χ1v) is 3.82. The van der Waals surface area contributed by atoms with Gasteiger partial charge in [0.05, 0.1) is 0 Å². The lowest BCUT2D eigenvalue weighted by Gasteiger charge is -2.06. The second-order valence-corrected chi connectivity index (χ2v) is 2.53. The molecule has 0 saturated carbocycles. The van der Waals surface area contributed by atoms with E-state index in [1.165, 1.54) is 0 Å². The van der Waals surface area contributed by atoms with Crippen LogP contribution in [0, 0.1) is 0 Å². The van der Waals surface area contributed by atoms with Gasteiger partial charge >= 0.3 is 6.03 Å². The van der Waals surface area contributed by atoms with Gasteiger partial charge in [0, 0.05) is 5.56 Å². The molecule has 1 saturated heterocycles. The number of carbonyl (C=O) groups excluding carboxylic acids is 2. The molecule has 14 heavy (non-hydrogen) atoms. The van der Waals surface area contributed by atoms with Crippen molar-refractivity contribution in [2.75, 3.05) is 0 Å². The average Bonchev–Trinajstić information content (AvgIpc) is 2.65. The van der Waals surface area contributed by atoms with E-state index in [9.17, 15) is 9.59 Å². The van der Waals surface area contributed by atoms with Gasteiger partial charge in [-0.25, -0.2) is 4.79 Å². The minimum atomic E-state index is -0.751. The van der Waals surface area contributed by atoms with Crippen molar-refractivity contribution in [2.45, 2.75) is 0 Å². The lowest BCUT2D eigenvalue weighted by molar-refractivity contribution is -0.369. The quantitative estimate of drug-likeness (QED) is 0.666. The number of benzene rings is 1. The van der Waals surface area contributed by atoms with Crippen molar-refractivity contribution in [3.8, 4) is 0 Å². The number of hydroxylamine groups is 3. The van der Waals surface area contributed by atoms with Crippen LogP contribution in [-0.4, -0.2) is 17.0 Å². The Balaban J connectivity index is 2.20. The van der Waals surface area contributed by atoms with E-state index in [4.69, 9.17) is 0 Å². The molecule has 1 aromatic rings. The van der Waals surface area contributed by atoms with E-state index >= 15 is 0 Å². The number of hydrogen-bond acceptors (Lipinski definition) is 4. The summed E-state index contributed by atoms with van der Waals surface area (Å²) >= 11 is 0. The zero-order valence-electron chi connectivity index (χ0n) is 6.97. The SMILES string of the molecule is O=C1NOON1C(=O)c1ccccc1. The van der Waals surface area contributed by atoms with Crippen LogP contribution in [0.4, 0.5) is 4.79 Å². The normalized spacial score (nSPS) is 15.4. The standard InChI is InChI=1S/C8H6N2O4/c11-7(6-4-2-1-3-5-6)10-8(12)9-13-14-10/h1-5H,(H,9,12). The first-order valence-electron chi connectivity index (χ1n) is 3.82. The van der Waals surface area contributed by atoms with Gasteiger partial charge in [0.25, 0.3) is 5.91 Å². The maximum atomic E-state index is 11.5. The monoisotopic (exact) mass is 194 g/mol. The molecule has 0 bridgehead atoms. The molecule has 3 amide bonds. The molecular weight excluding hydrogens is 188 g/mol. The summed E-state index contributed by atoms with van der Waals surface area (Å²) in [5.41, 5.74) is 2.21. The Morgan fingerprint density at radius 2 is 2.00 bits per heavy atom. The number of nitrogens with zero attached hydrogens (tertiary/aromatic N) is 1. The van der Waals surface area contributed by atoms with Crippen LogP contribution < -0.4 is 5.48 Å². The Morgan fingerprint density at radius 3 is 2.57 bits per heavy atom. The van der Waals surface area contributed by atoms with Gasteiger partial charge in [0.1, 0.15) is 0 Å². The van der Waals surface area contributed by atoms with Gasteiger partial charge in [-0.05, 0) is 12.1 Å². The molecule has 0 atom stereocenters. The highest BCUT2D eigenvalue weighted by atomic mass is 17.4. The summed E-state index contributed by atoms with van der Waals surface area (Å²) in [5, 5.41) is 0.495. The molecule has 1 aromatic carbocycles. The van der Waals surface area contributed by atoms with Crippen molar-refractivity contribution in [3.63, 3.8) is 0 Å². The van der Waals surface area contributed by atoms with Crippen LogP contribution in [0.3, 0.4) is 0 Å². The predicted molar refractivity (Wildman–Crippen MR) is 43.3 cm³/mol. The van der Waals surface area contributed by atoms with E-state index in [1.807, 2.05) is 5.48 Å². The molecule has 0 spiro atoms. The first kappa shape index (κ1) is 8.67. The zero-order valence-corrected chi connectivity index (χ0v) is 6.97. The van der Waals surface area contributed by atoms with E-state index < -0.39 is 11.9 Å². The van der Waals surface area contributed by atoms with E-state index in [-0.39, 0.29) is 0 Å². The molecule has 6 heteroatoms. The minimum absolute atomic E-state index is 0.341. The van der Waals surface area contributed by atoms with Gasteiger partial charge < -0.3 is 0 Å². The molecule has 1 aliphatic rings. The molecular formula is C8H6N2O4. The molecule has 1 fully saturated rings. The van der Waals surface area contributed by atoms with Crippen LogP contribution in [0.1, 0.15) is 10.4 Å². The summed E-state index contributed by atoms with van der Waals surface area (Å²) in [6, 6.07) is 7.51. The Labute approximate surface area is 78.9 Å². The van der Waals surface area contributed by atoms with Crippen molar-refractivity contribution in [3.05, 3.63) is 35.9 Å². The fraction of sp³-hybridized carbons (Fsp3) is 0. The maximum Gasteiger partial charge on any atom is 0.377 e. The van der Waals surface area contributed by atoms with Crippen molar-refractivity contribution in [1.82, 2.24) is 10.5 Å². The van der Waals surface area contributed by atoms with Crippen molar-refractivity contribution < 1.29 is 19.6 Å². The summed E-state index contributed by atoms with van der Waals surface area (Å²) in [6.45, 7) is 0. The van der Waals surface area contributed by atoms with Crippen LogP contribution in [0.5, 0.6) is 0 Å². The van der Waals surface area contributed by atoms with E-state index in [1.54, 1.807) is 30.3 Å². The molecule has 1 heterocycles. The number of rotatable bonds is 1. The van der Waals surface area contributed by atoms with Gasteiger partial charge in [-0.15, -0.1) is 0 Å². The molecule has 6 nitrogen and oxygen atoms in total. The fourth-order valence-electron chi connectivity index (χ4n) is 0.991. The predicted octanol–water partition coefficient (Wildman–Crippen LogP) is 0.630. The topological polar surface area (TPSA) is 67.9 Å². The van der Waals surface area contributed by atoms with Crippen LogP contribution in [0.25, 0.3) is 0 Å². The third kappa shape index (κ3) is 1.43. The minimum Gasteiger partial charge on any atom is -0.266 e. The van der Waals surface area contributed by atoms with Crippen molar-refractivity contribution >= 4 is 11.9 Å². The molecule has 72 valence electrons. The Hall–Kier alpha value is -1.92. The van der Waals surface area contributed by atoms with Gasteiger partial charge in [0.15, 0.2) is 0 Å². The molecule has 0 aliphatic carbocycles. The van der Waals surface area contributed by atoms with Crippen LogP contribution in [0.2, 0.25) is 0 Å². The third-order valence-electron chi connectivity index (χ3n) is 1.63. The average molecular weight is 194 g/mol. The molecule has 0 unspecified atom stereocenters. The Bertz CT molecular complexity index is 365. The third-order valence-corrected chi connectivity index (χ3v) is 1.63. The summed E-state index contributed by atoms with van der Waals surface area (Å²) < 4.78 is 0. The highest BCUT2D eigenvalue weighted by Crippen LogP contribution is 2.08. The molecule has 0 radical (unpaired) electrons. The van der Waals surface area contributed by atoms with Crippen LogP contribution in [0.15, 0.2) is 30.3 Å². The Morgan fingerprint density at radius 1 is 1.29 bits per heavy atom. The van der Waals surface area contributed by atoms with Gasteiger partial charge in [0.2, 0.25) is 0 Å². The number of carbonyl (C=O) groups is 2. The van der Waals surface area contributed by atoms with Gasteiger partial charge in [-0.2, -0.15) is 5.48 Å². The molecule has 2 rings (SSSR count). The zero-order chi connectivity index (χ0) is 9.97. The lowest BCUT2D eigenvalue weighted by atomic mass is 10.2. The summed E-state index contributed by atoms with van der Waals surface area (Å²) in [5.74, 6) is -0.583. The number of imide groups is 1. The second-order valence-electron chi connectivity index (χ2n) is 2.53. The number of hydrogen-bond donors (Lipinski definition) is 1. The van der Waals surface area contributed by atoms with Gasteiger partial charge in [-0.3, -0.25) is 4.79 Å². The van der Waals surface area contributed by atoms with Crippen LogP contribution >= 0.6 is 0 Å². The molecule has 1 aliphatic heterocycles. The van der Waals surface area contributed by atoms with Crippen molar-refractivity contribution in [2.24, 2.45) is 0 Å². The number of nitrogens with one attached hydrogen (secondary N) is 1. The summed E-state index contributed by atoms with van der Waals surface area (Å²) in [4.78, 5) is 30.9. The lowest BCUT2D eigenvalue weighted by Crippen LogP contribution is -2.33. The van der Waals surface area contributed by atoms with E-state index in [0.717, 1.165) is 0 Å². The summed E-state index contributed by atoms with van der Waals surface area (Å²) in [7, 11) is 0. The smallest absolute Gasteiger partial charge is 0.266 e. The van der Waals surface area contributed by atoms with Crippen LogP contribution in [-0.2, 0) is 9.98 Å². The highest BCUT2D eigenvalue weighted by Gasteiger charge is 2.30. The molecule has 1 N–H and O–H groups in total. The fourth-order valence-corrected chi connectivity index (χ4v) is 0.991. The van der Waals surface area contributed by atoms with Gasteiger partial charge in [-0.1, -0.05) is 33.2 Å².